The van der Waals surface area contributed by atoms with E-state index < -0.39 is 0 Å². The molecule has 0 atom stereocenters. The SMILES string of the molecule is O=C(CCl)Nc1ccc(-c2csc(-c3ccc(Cl)cc3)n2)cc1. The van der Waals surface area contributed by atoms with E-state index in [-0.39, 0.29) is 11.8 Å². The minimum atomic E-state index is -0.224. The molecule has 0 aliphatic heterocycles. The lowest BCUT2D eigenvalue weighted by molar-refractivity contribution is -0.113. The first kappa shape index (κ1) is 16.0. The third kappa shape index (κ3) is 3.91. The molecule has 0 radical (unpaired) electrons. The van der Waals surface area contributed by atoms with Crippen LogP contribution in [0.1, 0.15) is 0 Å². The number of amides is 1. The van der Waals surface area contributed by atoms with Crippen LogP contribution in [0.25, 0.3) is 21.8 Å². The fourth-order valence-electron chi connectivity index (χ4n) is 2.05. The molecule has 0 unspecified atom stereocenters. The average molecular weight is 363 g/mol. The van der Waals surface area contributed by atoms with Crippen molar-refractivity contribution in [2.24, 2.45) is 0 Å². The summed E-state index contributed by atoms with van der Waals surface area (Å²) in [5, 5.41) is 6.36. The van der Waals surface area contributed by atoms with Crippen LogP contribution in [0.2, 0.25) is 5.02 Å². The van der Waals surface area contributed by atoms with Crippen molar-refractivity contribution < 1.29 is 4.79 Å². The number of anilines is 1. The molecule has 0 aliphatic carbocycles. The Morgan fingerprint density at radius 1 is 1.04 bits per heavy atom. The second-order valence-corrected chi connectivity index (χ2v) is 6.37. The number of thiazole rings is 1. The zero-order chi connectivity index (χ0) is 16.2. The molecule has 3 rings (SSSR count). The van der Waals surface area contributed by atoms with Gasteiger partial charge in [-0.25, -0.2) is 4.98 Å². The molecule has 0 bridgehead atoms. The van der Waals surface area contributed by atoms with Crippen molar-refractivity contribution in [3.63, 3.8) is 0 Å². The van der Waals surface area contributed by atoms with E-state index in [0.717, 1.165) is 21.8 Å². The molecule has 0 saturated carbocycles. The van der Waals surface area contributed by atoms with Crippen molar-refractivity contribution >= 4 is 46.1 Å². The smallest absolute Gasteiger partial charge is 0.239 e. The van der Waals surface area contributed by atoms with E-state index in [2.05, 4.69) is 10.3 Å². The van der Waals surface area contributed by atoms with Crippen LogP contribution in [-0.2, 0) is 4.79 Å². The Bertz CT molecular complexity index is 813. The van der Waals surface area contributed by atoms with Gasteiger partial charge < -0.3 is 5.32 Å². The quantitative estimate of drug-likeness (QED) is 0.639. The Balaban J connectivity index is 1.80. The number of carbonyl (C=O) groups excluding carboxylic acids is 1. The second-order valence-electron chi connectivity index (χ2n) is 4.80. The zero-order valence-electron chi connectivity index (χ0n) is 11.9. The largest absolute Gasteiger partial charge is 0.325 e. The van der Waals surface area contributed by atoms with Gasteiger partial charge in [0, 0.05) is 27.2 Å². The highest BCUT2D eigenvalue weighted by atomic mass is 35.5. The van der Waals surface area contributed by atoms with E-state index in [0.29, 0.717) is 10.7 Å². The Morgan fingerprint density at radius 2 is 1.70 bits per heavy atom. The number of hydrogen-bond donors (Lipinski definition) is 1. The van der Waals surface area contributed by atoms with Crippen molar-refractivity contribution in [3.8, 4) is 21.8 Å². The molecule has 1 aromatic heterocycles. The van der Waals surface area contributed by atoms with Crippen molar-refractivity contribution in [3.05, 3.63) is 58.9 Å². The summed E-state index contributed by atoms with van der Waals surface area (Å²) in [6.45, 7) is 0. The summed E-state index contributed by atoms with van der Waals surface area (Å²) >= 11 is 13.0. The van der Waals surface area contributed by atoms with E-state index in [1.165, 1.54) is 0 Å². The maximum Gasteiger partial charge on any atom is 0.239 e. The number of nitrogens with zero attached hydrogens (tertiary/aromatic N) is 1. The maximum atomic E-state index is 11.3. The summed E-state index contributed by atoms with van der Waals surface area (Å²) < 4.78 is 0. The van der Waals surface area contributed by atoms with E-state index in [9.17, 15) is 4.79 Å². The number of nitrogens with one attached hydrogen (secondary N) is 1. The number of hydrogen-bond acceptors (Lipinski definition) is 3. The molecule has 0 saturated heterocycles. The van der Waals surface area contributed by atoms with Gasteiger partial charge in [-0.15, -0.1) is 22.9 Å². The first-order chi connectivity index (χ1) is 11.2. The number of benzene rings is 2. The van der Waals surface area contributed by atoms with E-state index in [4.69, 9.17) is 23.2 Å². The molecule has 3 nitrogen and oxygen atoms in total. The molecule has 23 heavy (non-hydrogen) atoms. The molecule has 2 aromatic carbocycles. The summed E-state index contributed by atoms with van der Waals surface area (Å²) in [7, 11) is 0. The van der Waals surface area contributed by atoms with Gasteiger partial charge in [0.15, 0.2) is 0 Å². The van der Waals surface area contributed by atoms with Gasteiger partial charge >= 0.3 is 0 Å². The fourth-order valence-corrected chi connectivity index (χ4v) is 3.08. The third-order valence-electron chi connectivity index (χ3n) is 3.18. The van der Waals surface area contributed by atoms with Gasteiger partial charge in [-0.1, -0.05) is 35.9 Å². The molecule has 116 valence electrons. The second kappa shape index (κ2) is 7.13. The van der Waals surface area contributed by atoms with Crippen molar-refractivity contribution in [1.82, 2.24) is 4.98 Å². The first-order valence-corrected chi connectivity index (χ1v) is 8.62. The summed E-state index contributed by atoms with van der Waals surface area (Å²) in [6, 6.07) is 15.1. The first-order valence-electron chi connectivity index (χ1n) is 6.83. The Hall–Kier alpha value is -1.88. The normalized spacial score (nSPS) is 10.5. The number of carbonyl (C=O) groups is 1. The van der Waals surface area contributed by atoms with Gasteiger partial charge in [0.1, 0.15) is 10.9 Å². The predicted octanol–water partition coefficient (Wildman–Crippen LogP) is 5.31. The molecule has 1 heterocycles. The van der Waals surface area contributed by atoms with Crippen LogP contribution in [0.15, 0.2) is 53.9 Å². The van der Waals surface area contributed by atoms with Crippen LogP contribution in [0.3, 0.4) is 0 Å². The highest BCUT2D eigenvalue weighted by Crippen LogP contribution is 2.30. The summed E-state index contributed by atoms with van der Waals surface area (Å²) in [5.74, 6) is -0.281. The minimum Gasteiger partial charge on any atom is -0.325 e. The van der Waals surface area contributed by atoms with Crippen LogP contribution < -0.4 is 5.32 Å². The Morgan fingerprint density at radius 3 is 2.35 bits per heavy atom. The van der Waals surface area contributed by atoms with Gasteiger partial charge in [-0.2, -0.15) is 0 Å². The van der Waals surface area contributed by atoms with Gasteiger partial charge in [-0.05, 0) is 24.3 Å². The number of halogens is 2. The summed E-state index contributed by atoms with van der Waals surface area (Å²) in [4.78, 5) is 15.9. The van der Waals surface area contributed by atoms with E-state index >= 15 is 0 Å². The molecule has 0 aliphatic rings. The molecule has 3 aromatic rings. The average Bonchev–Trinajstić information content (AvgIpc) is 3.06. The topological polar surface area (TPSA) is 42.0 Å². The summed E-state index contributed by atoms with van der Waals surface area (Å²) in [5.41, 5.74) is 3.64. The van der Waals surface area contributed by atoms with E-state index in [1.54, 1.807) is 11.3 Å². The lowest BCUT2D eigenvalue weighted by atomic mass is 10.1. The molecular formula is C17H12Cl2N2OS. The highest BCUT2D eigenvalue weighted by molar-refractivity contribution is 7.13. The van der Waals surface area contributed by atoms with Gasteiger partial charge in [0.25, 0.3) is 0 Å². The van der Waals surface area contributed by atoms with Gasteiger partial charge in [0.05, 0.1) is 5.69 Å². The van der Waals surface area contributed by atoms with Gasteiger partial charge in [-0.3, -0.25) is 4.79 Å². The van der Waals surface area contributed by atoms with Gasteiger partial charge in [0.2, 0.25) is 5.91 Å². The number of alkyl halides is 1. The summed E-state index contributed by atoms with van der Waals surface area (Å²) in [6.07, 6.45) is 0. The van der Waals surface area contributed by atoms with Crippen LogP contribution >= 0.6 is 34.5 Å². The zero-order valence-corrected chi connectivity index (χ0v) is 14.3. The van der Waals surface area contributed by atoms with Crippen LogP contribution in [0.4, 0.5) is 5.69 Å². The number of rotatable bonds is 4. The molecule has 1 amide bonds. The van der Waals surface area contributed by atoms with E-state index in [1.807, 2.05) is 53.9 Å². The molecule has 1 N–H and O–H groups in total. The highest BCUT2D eigenvalue weighted by Gasteiger charge is 2.07. The van der Waals surface area contributed by atoms with Crippen LogP contribution in [-0.4, -0.2) is 16.8 Å². The van der Waals surface area contributed by atoms with Crippen LogP contribution in [0, 0.1) is 0 Å². The lowest BCUT2D eigenvalue weighted by Gasteiger charge is -2.03. The standard InChI is InChI=1S/C17H12Cl2N2OS/c18-9-16(22)20-14-7-3-11(4-8-14)15-10-23-17(21-15)12-1-5-13(19)6-2-12/h1-8,10H,9H2,(H,20,22). The molecule has 0 fully saturated rings. The third-order valence-corrected chi connectivity index (χ3v) is 4.57. The van der Waals surface area contributed by atoms with Crippen molar-refractivity contribution in [1.29, 1.82) is 0 Å². The molecule has 6 heteroatoms. The maximum absolute atomic E-state index is 11.3. The molecule has 0 spiro atoms. The van der Waals surface area contributed by atoms with Crippen LogP contribution in [0.5, 0.6) is 0 Å². The Kier molecular flexibility index (Phi) is 4.96. The lowest BCUT2D eigenvalue weighted by Crippen LogP contribution is -2.12. The number of aromatic nitrogens is 1. The Labute approximate surface area is 147 Å². The van der Waals surface area contributed by atoms with Crippen molar-refractivity contribution in [2.75, 3.05) is 11.2 Å². The fraction of sp³-hybridized carbons (Fsp3) is 0.0588. The monoisotopic (exact) mass is 362 g/mol. The minimum absolute atomic E-state index is 0.0573. The predicted molar refractivity (Wildman–Crippen MR) is 97.3 cm³/mol. The van der Waals surface area contributed by atoms with Crippen molar-refractivity contribution in [2.45, 2.75) is 0 Å². The molecular weight excluding hydrogens is 351 g/mol.